The van der Waals surface area contributed by atoms with Crippen LogP contribution in [0.25, 0.3) is 0 Å². The smallest absolute Gasteiger partial charge is 0.336 e. The molecule has 0 aliphatic heterocycles. The molecule has 7 heteroatoms. The van der Waals surface area contributed by atoms with Crippen LogP contribution in [0.5, 0.6) is 0 Å². The van der Waals surface area contributed by atoms with E-state index in [4.69, 9.17) is 10.4 Å². The number of carbonyl (C=O) groups excluding carboxylic acids is 1. The highest BCUT2D eigenvalue weighted by Gasteiger charge is 2.22. The number of nitrogens with zero attached hydrogens (tertiary/aromatic N) is 1. The minimum absolute atomic E-state index is 0.0818. The van der Waals surface area contributed by atoms with Gasteiger partial charge >= 0.3 is 11.9 Å². The first-order valence-corrected chi connectivity index (χ1v) is 10.6. The lowest BCUT2D eigenvalue weighted by atomic mass is 9.96. The van der Waals surface area contributed by atoms with Crippen LogP contribution >= 0.6 is 0 Å². The van der Waals surface area contributed by atoms with E-state index in [9.17, 15) is 19.5 Å². The number of hydrogen-bond donors (Lipinski definition) is 3. The third kappa shape index (κ3) is 8.64. The van der Waals surface area contributed by atoms with E-state index in [-0.39, 0.29) is 28.7 Å². The van der Waals surface area contributed by atoms with Crippen molar-refractivity contribution in [2.75, 3.05) is 0 Å². The highest BCUT2D eigenvalue weighted by molar-refractivity contribution is 6.06. The van der Waals surface area contributed by atoms with Crippen molar-refractivity contribution in [3.63, 3.8) is 0 Å². The average Bonchev–Trinajstić information content (AvgIpc) is 2.72. The standard InChI is InChI=1S/C23H32N2O5/c1-3-4-5-6-7-8-9-10-18(13-16(2)15-24)25-21(26)19-12-11-17(22(27)28)14-20(19)23(29)30/h11-12,14,16,18H,3-10,13H2,1-2H3,(H,25,26)(H,27,28)(H,29,30). The molecule has 0 aliphatic rings. The number of carboxylic acid groups (broad SMARTS) is 2. The summed E-state index contributed by atoms with van der Waals surface area (Å²) in [6, 6.07) is 5.35. The number of nitriles is 1. The Morgan fingerprint density at radius 3 is 2.20 bits per heavy atom. The second-order valence-corrected chi connectivity index (χ2v) is 7.72. The highest BCUT2D eigenvalue weighted by atomic mass is 16.4. The molecule has 2 atom stereocenters. The monoisotopic (exact) mass is 416 g/mol. The number of carboxylic acids is 2. The summed E-state index contributed by atoms with van der Waals surface area (Å²) < 4.78 is 0. The zero-order valence-electron chi connectivity index (χ0n) is 17.8. The first-order chi connectivity index (χ1) is 14.3. The molecule has 1 rings (SSSR count). The lowest BCUT2D eigenvalue weighted by molar-refractivity contribution is 0.0690. The minimum Gasteiger partial charge on any atom is -0.478 e. The molecular formula is C23H32N2O5. The Labute approximate surface area is 178 Å². The predicted molar refractivity (Wildman–Crippen MR) is 114 cm³/mol. The molecule has 0 fully saturated rings. The van der Waals surface area contributed by atoms with Crippen molar-refractivity contribution in [1.29, 1.82) is 5.26 Å². The number of benzene rings is 1. The fraction of sp³-hybridized carbons (Fsp3) is 0.565. The summed E-state index contributed by atoms with van der Waals surface area (Å²) in [5.74, 6) is -3.43. The number of hydrogen-bond acceptors (Lipinski definition) is 4. The maximum atomic E-state index is 12.7. The average molecular weight is 417 g/mol. The third-order valence-electron chi connectivity index (χ3n) is 5.09. The van der Waals surface area contributed by atoms with Crippen LogP contribution in [-0.2, 0) is 0 Å². The fourth-order valence-electron chi connectivity index (χ4n) is 3.39. The summed E-state index contributed by atoms with van der Waals surface area (Å²) in [6.07, 6.45) is 9.15. The molecule has 30 heavy (non-hydrogen) atoms. The molecule has 0 saturated heterocycles. The molecule has 0 spiro atoms. The lowest BCUT2D eigenvalue weighted by Gasteiger charge is -2.20. The van der Waals surface area contributed by atoms with E-state index in [1.54, 1.807) is 6.92 Å². The van der Waals surface area contributed by atoms with E-state index in [2.05, 4.69) is 18.3 Å². The van der Waals surface area contributed by atoms with Gasteiger partial charge in [-0.15, -0.1) is 0 Å². The molecule has 0 radical (unpaired) electrons. The van der Waals surface area contributed by atoms with E-state index in [0.717, 1.165) is 25.3 Å². The molecule has 1 aromatic carbocycles. The molecular weight excluding hydrogens is 384 g/mol. The molecule has 164 valence electrons. The van der Waals surface area contributed by atoms with Crippen LogP contribution < -0.4 is 5.32 Å². The van der Waals surface area contributed by atoms with Crippen molar-refractivity contribution < 1.29 is 24.6 Å². The Morgan fingerprint density at radius 1 is 1.00 bits per heavy atom. The van der Waals surface area contributed by atoms with Gasteiger partial charge in [0, 0.05) is 12.0 Å². The van der Waals surface area contributed by atoms with Gasteiger partial charge in [-0.05, 0) is 38.0 Å². The van der Waals surface area contributed by atoms with Crippen molar-refractivity contribution >= 4 is 17.8 Å². The first-order valence-electron chi connectivity index (χ1n) is 10.6. The van der Waals surface area contributed by atoms with Gasteiger partial charge in [0.25, 0.3) is 5.91 Å². The van der Waals surface area contributed by atoms with Crippen LogP contribution in [0.3, 0.4) is 0 Å². The van der Waals surface area contributed by atoms with E-state index in [0.29, 0.717) is 12.8 Å². The molecule has 7 nitrogen and oxygen atoms in total. The van der Waals surface area contributed by atoms with Gasteiger partial charge in [-0.1, -0.05) is 51.9 Å². The molecule has 0 heterocycles. The van der Waals surface area contributed by atoms with Crippen LogP contribution in [0.1, 0.15) is 103 Å². The van der Waals surface area contributed by atoms with Gasteiger partial charge in [0.05, 0.1) is 22.8 Å². The molecule has 0 saturated carbocycles. The second kappa shape index (κ2) is 13.4. The highest BCUT2D eigenvalue weighted by Crippen LogP contribution is 2.17. The molecule has 2 unspecified atom stereocenters. The van der Waals surface area contributed by atoms with Crippen molar-refractivity contribution in [2.45, 2.75) is 77.7 Å². The Kier molecular flexibility index (Phi) is 11.2. The van der Waals surface area contributed by atoms with Crippen molar-refractivity contribution in [3.8, 4) is 6.07 Å². The topological polar surface area (TPSA) is 127 Å². The van der Waals surface area contributed by atoms with Crippen LogP contribution in [-0.4, -0.2) is 34.1 Å². The van der Waals surface area contributed by atoms with Crippen molar-refractivity contribution in [2.24, 2.45) is 5.92 Å². The third-order valence-corrected chi connectivity index (χ3v) is 5.09. The van der Waals surface area contributed by atoms with Crippen LogP contribution in [0.4, 0.5) is 0 Å². The van der Waals surface area contributed by atoms with E-state index in [1.807, 2.05) is 0 Å². The number of unbranched alkanes of at least 4 members (excludes halogenated alkanes) is 6. The Morgan fingerprint density at radius 2 is 1.63 bits per heavy atom. The van der Waals surface area contributed by atoms with Gasteiger partial charge in [-0.25, -0.2) is 9.59 Å². The summed E-state index contributed by atoms with van der Waals surface area (Å²) in [7, 11) is 0. The Bertz CT molecular complexity index is 769. The van der Waals surface area contributed by atoms with Crippen LogP contribution in [0, 0.1) is 17.2 Å². The zero-order valence-corrected chi connectivity index (χ0v) is 17.8. The molecule has 1 aromatic rings. The van der Waals surface area contributed by atoms with E-state index < -0.39 is 17.8 Å². The van der Waals surface area contributed by atoms with Gasteiger partial charge in [-0.2, -0.15) is 5.26 Å². The summed E-state index contributed by atoms with van der Waals surface area (Å²) in [5.41, 5.74) is -0.626. The largest absolute Gasteiger partial charge is 0.478 e. The number of amides is 1. The van der Waals surface area contributed by atoms with Crippen LogP contribution in [0.15, 0.2) is 18.2 Å². The second-order valence-electron chi connectivity index (χ2n) is 7.72. The summed E-state index contributed by atoms with van der Waals surface area (Å²) in [5, 5.41) is 30.4. The van der Waals surface area contributed by atoms with E-state index in [1.165, 1.54) is 37.8 Å². The molecule has 3 N–H and O–H groups in total. The normalized spacial score (nSPS) is 12.6. The van der Waals surface area contributed by atoms with Gasteiger partial charge in [-0.3, -0.25) is 4.79 Å². The Hall–Kier alpha value is -2.88. The summed E-state index contributed by atoms with van der Waals surface area (Å²) in [6.45, 7) is 3.96. The number of nitrogens with one attached hydrogen (secondary N) is 1. The fourth-order valence-corrected chi connectivity index (χ4v) is 3.39. The SMILES string of the molecule is CCCCCCCCCC(CC(C)C#N)NC(=O)c1ccc(C(=O)O)cc1C(=O)O. The van der Waals surface area contributed by atoms with Crippen LogP contribution in [0.2, 0.25) is 0 Å². The lowest BCUT2D eigenvalue weighted by Crippen LogP contribution is -2.36. The van der Waals surface area contributed by atoms with Crippen molar-refractivity contribution in [3.05, 3.63) is 34.9 Å². The minimum atomic E-state index is -1.36. The maximum absolute atomic E-state index is 12.7. The Balaban J connectivity index is 2.80. The number of carbonyl (C=O) groups is 3. The predicted octanol–water partition coefficient (Wildman–Crippen LogP) is 4.87. The quantitative estimate of drug-likeness (QED) is 0.371. The molecule has 1 amide bonds. The van der Waals surface area contributed by atoms with Gasteiger partial charge in [0.15, 0.2) is 0 Å². The van der Waals surface area contributed by atoms with Gasteiger partial charge in [0.1, 0.15) is 0 Å². The maximum Gasteiger partial charge on any atom is 0.336 e. The molecule has 0 aromatic heterocycles. The van der Waals surface area contributed by atoms with Crippen molar-refractivity contribution in [1.82, 2.24) is 5.32 Å². The molecule has 0 aliphatic carbocycles. The first kappa shape index (κ1) is 25.2. The summed E-state index contributed by atoms with van der Waals surface area (Å²) in [4.78, 5) is 35.3. The molecule has 0 bridgehead atoms. The summed E-state index contributed by atoms with van der Waals surface area (Å²) >= 11 is 0. The van der Waals surface area contributed by atoms with E-state index >= 15 is 0 Å². The van der Waals surface area contributed by atoms with Gasteiger partial charge < -0.3 is 15.5 Å². The zero-order chi connectivity index (χ0) is 22.5. The van der Waals surface area contributed by atoms with Gasteiger partial charge in [0.2, 0.25) is 0 Å². The number of aromatic carboxylic acids is 2. The number of rotatable bonds is 14.